The molecule has 2 aromatic carbocycles. The molecule has 0 aromatic heterocycles. The Morgan fingerprint density at radius 1 is 1.28 bits per heavy atom. The van der Waals surface area contributed by atoms with Gasteiger partial charge in [-0.2, -0.15) is 0 Å². The van der Waals surface area contributed by atoms with E-state index in [1.165, 1.54) is 19.1 Å². The third-order valence-electron chi connectivity index (χ3n) is 3.43. The molecular formula is C18H18ClNO4S. The minimum Gasteiger partial charge on any atom is -0.455 e. The average Bonchev–Trinajstić information content (AvgIpc) is 2.57. The van der Waals surface area contributed by atoms with Crippen molar-refractivity contribution in [3.63, 3.8) is 0 Å². The van der Waals surface area contributed by atoms with Gasteiger partial charge in [0.15, 0.2) is 15.6 Å². The van der Waals surface area contributed by atoms with Crippen molar-refractivity contribution in [1.82, 2.24) is 0 Å². The van der Waals surface area contributed by atoms with Crippen LogP contribution in [0.1, 0.15) is 6.92 Å². The summed E-state index contributed by atoms with van der Waals surface area (Å²) < 4.78 is 29.8. The largest absolute Gasteiger partial charge is 0.455 e. The number of carbonyl (C=O) groups excluding carboxylic acids is 1. The fourth-order valence-electron chi connectivity index (χ4n) is 2.01. The SMILES string of the molecule is C=CCS(=O)(=O)C(C)C(=O)Nc1cc(Cl)ccc1Oc1ccccc1. The standard InChI is InChI=1S/C18H18ClNO4S/c1-3-11-25(22,23)13(2)18(21)20-16-12-14(19)9-10-17(16)24-15-7-5-4-6-8-15/h3-10,12-13H,1,11H2,2H3,(H,20,21). The molecule has 0 spiro atoms. The molecule has 132 valence electrons. The molecule has 2 aromatic rings. The zero-order valence-electron chi connectivity index (χ0n) is 13.6. The van der Waals surface area contributed by atoms with Gasteiger partial charge in [-0.3, -0.25) is 4.79 Å². The van der Waals surface area contributed by atoms with Gasteiger partial charge in [0, 0.05) is 5.02 Å². The Morgan fingerprint density at radius 2 is 1.96 bits per heavy atom. The molecule has 2 rings (SSSR count). The first-order valence-corrected chi connectivity index (χ1v) is 9.58. The lowest BCUT2D eigenvalue weighted by atomic mass is 10.2. The number of benzene rings is 2. The van der Waals surface area contributed by atoms with E-state index in [9.17, 15) is 13.2 Å². The zero-order valence-corrected chi connectivity index (χ0v) is 15.2. The number of nitrogens with one attached hydrogen (secondary N) is 1. The first kappa shape index (κ1) is 19.0. The van der Waals surface area contributed by atoms with Gasteiger partial charge in [-0.25, -0.2) is 8.42 Å². The van der Waals surface area contributed by atoms with Crippen LogP contribution < -0.4 is 10.1 Å². The van der Waals surface area contributed by atoms with Crippen molar-refractivity contribution < 1.29 is 17.9 Å². The summed E-state index contributed by atoms with van der Waals surface area (Å²) in [6, 6.07) is 13.7. The number of hydrogen-bond donors (Lipinski definition) is 1. The molecule has 0 fully saturated rings. The van der Waals surface area contributed by atoms with Gasteiger partial charge in [0.2, 0.25) is 5.91 Å². The van der Waals surface area contributed by atoms with Crippen molar-refractivity contribution in [2.24, 2.45) is 0 Å². The molecular weight excluding hydrogens is 362 g/mol. The number of hydrogen-bond acceptors (Lipinski definition) is 4. The van der Waals surface area contributed by atoms with E-state index in [0.29, 0.717) is 22.2 Å². The van der Waals surface area contributed by atoms with E-state index in [1.54, 1.807) is 24.3 Å². The predicted molar refractivity (Wildman–Crippen MR) is 100 cm³/mol. The second-order valence-electron chi connectivity index (χ2n) is 5.31. The van der Waals surface area contributed by atoms with Crippen LogP contribution in [0.25, 0.3) is 0 Å². The second kappa shape index (κ2) is 8.18. The Morgan fingerprint density at radius 3 is 2.60 bits per heavy atom. The zero-order chi connectivity index (χ0) is 18.4. The summed E-state index contributed by atoms with van der Waals surface area (Å²) in [5.41, 5.74) is 0.294. The van der Waals surface area contributed by atoms with Crippen LogP contribution in [-0.4, -0.2) is 25.3 Å². The molecule has 0 aliphatic rings. The lowest BCUT2D eigenvalue weighted by molar-refractivity contribution is -0.115. The number of para-hydroxylation sites is 1. The Labute approximate surface area is 152 Å². The molecule has 5 nitrogen and oxygen atoms in total. The van der Waals surface area contributed by atoms with Gasteiger partial charge >= 0.3 is 0 Å². The second-order valence-corrected chi connectivity index (χ2v) is 8.11. The number of anilines is 1. The predicted octanol–water partition coefficient (Wildman–Crippen LogP) is 4.06. The van der Waals surface area contributed by atoms with Gasteiger partial charge in [0.1, 0.15) is 11.0 Å². The first-order valence-electron chi connectivity index (χ1n) is 7.49. The van der Waals surface area contributed by atoms with E-state index < -0.39 is 21.0 Å². The van der Waals surface area contributed by atoms with Crippen molar-refractivity contribution in [2.75, 3.05) is 11.1 Å². The average molecular weight is 380 g/mol. The maximum Gasteiger partial charge on any atom is 0.242 e. The lowest BCUT2D eigenvalue weighted by Gasteiger charge is -2.15. The lowest BCUT2D eigenvalue weighted by Crippen LogP contribution is -2.33. The summed E-state index contributed by atoms with van der Waals surface area (Å²) >= 11 is 5.98. The third kappa shape index (κ3) is 5.08. The maximum atomic E-state index is 12.3. The van der Waals surface area contributed by atoms with Crippen LogP contribution in [0.3, 0.4) is 0 Å². The van der Waals surface area contributed by atoms with Crippen LogP contribution >= 0.6 is 11.6 Å². The number of ether oxygens (including phenoxy) is 1. The van der Waals surface area contributed by atoms with Crippen LogP contribution in [0.15, 0.2) is 61.2 Å². The summed E-state index contributed by atoms with van der Waals surface area (Å²) in [7, 11) is -3.62. The smallest absolute Gasteiger partial charge is 0.242 e. The molecule has 1 atom stereocenters. The molecule has 1 unspecified atom stereocenters. The van der Waals surface area contributed by atoms with Gasteiger partial charge in [0.25, 0.3) is 0 Å². The highest BCUT2D eigenvalue weighted by Crippen LogP contribution is 2.32. The van der Waals surface area contributed by atoms with Gasteiger partial charge < -0.3 is 10.1 Å². The highest BCUT2D eigenvalue weighted by molar-refractivity contribution is 7.92. The molecule has 0 saturated heterocycles. The van der Waals surface area contributed by atoms with Crippen LogP contribution in [0.5, 0.6) is 11.5 Å². The fraction of sp³-hybridized carbons (Fsp3) is 0.167. The number of rotatable bonds is 7. The topological polar surface area (TPSA) is 72.5 Å². The Hall–Kier alpha value is -2.31. The first-order chi connectivity index (χ1) is 11.8. The van der Waals surface area contributed by atoms with E-state index in [1.807, 2.05) is 18.2 Å². The van der Waals surface area contributed by atoms with Crippen molar-refractivity contribution in [1.29, 1.82) is 0 Å². The molecule has 1 amide bonds. The summed E-state index contributed by atoms with van der Waals surface area (Å²) in [5, 5.41) is 1.73. The van der Waals surface area contributed by atoms with E-state index >= 15 is 0 Å². The molecule has 0 bridgehead atoms. The van der Waals surface area contributed by atoms with Gasteiger partial charge in [-0.1, -0.05) is 35.9 Å². The quantitative estimate of drug-likeness (QED) is 0.736. The number of carbonyl (C=O) groups is 1. The number of amides is 1. The number of sulfone groups is 1. The highest BCUT2D eigenvalue weighted by Gasteiger charge is 2.27. The normalized spacial score (nSPS) is 12.2. The van der Waals surface area contributed by atoms with E-state index in [2.05, 4.69) is 11.9 Å². The summed E-state index contributed by atoms with van der Waals surface area (Å²) in [6.45, 7) is 4.73. The molecule has 0 heterocycles. The molecule has 25 heavy (non-hydrogen) atoms. The van der Waals surface area contributed by atoms with E-state index in [4.69, 9.17) is 16.3 Å². The molecule has 0 aliphatic carbocycles. The highest BCUT2D eigenvalue weighted by atomic mass is 35.5. The molecule has 7 heteroatoms. The Balaban J connectivity index is 2.25. The monoisotopic (exact) mass is 379 g/mol. The molecule has 0 radical (unpaired) electrons. The Kier molecular flexibility index (Phi) is 6.22. The van der Waals surface area contributed by atoms with Gasteiger partial charge in [0.05, 0.1) is 11.4 Å². The van der Waals surface area contributed by atoms with Crippen LogP contribution in [0, 0.1) is 0 Å². The fourth-order valence-corrected chi connectivity index (χ4v) is 3.18. The van der Waals surface area contributed by atoms with Crippen molar-refractivity contribution in [3.8, 4) is 11.5 Å². The maximum absolute atomic E-state index is 12.3. The number of halogens is 1. The minimum atomic E-state index is -3.62. The summed E-state index contributed by atoms with van der Waals surface area (Å²) in [4.78, 5) is 12.3. The molecule has 0 saturated carbocycles. The molecule has 0 aliphatic heterocycles. The van der Waals surface area contributed by atoms with Crippen LogP contribution in [-0.2, 0) is 14.6 Å². The van der Waals surface area contributed by atoms with Crippen molar-refractivity contribution in [3.05, 3.63) is 66.2 Å². The Bertz CT molecular complexity index is 866. The van der Waals surface area contributed by atoms with E-state index in [-0.39, 0.29) is 5.75 Å². The van der Waals surface area contributed by atoms with Crippen molar-refractivity contribution in [2.45, 2.75) is 12.2 Å². The third-order valence-corrected chi connectivity index (χ3v) is 5.66. The minimum absolute atomic E-state index is 0.273. The van der Waals surface area contributed by atoms with Crippen molar-refractivity contribution >= 4 is 33.0 Å². The summed E-state index contributed by atoms with van der Waals surface area (Å²) in [5.74, 6) is -0.00299. The van der Waals surface area contributed by atoms with Gasteiger partial charge in [-0.05, 0) is 37.3 Å². The molecule has 1 N–H and O–H groups in total. The summed E-state index contributed by atoms with van der Waals surface area (Å²) in [6.07, 6.45) is 1.25. The van der Waals surface area contributed by atoms with Crippen LogP contribution in [0.4, 0.5) is 5.69 Å². The van der Waals surface area contributed by atoms with Crippen LogP contribution in [0.2, 0.25) is 5.02 Å². The van der Waals surface area contributed by atoms with Gasteiger partial charge in [-0.15, -0.1) is 6.58 Å². The van der Waals surface area contributed by atoms with E-state index in [0.717, 1.165) is 0 Å².